The van der Waals surface area contributed by atoms with Gasteiger partial charge in [0, 0.05) is 11.6 Å². The molecule has 1 heterocycles. The van der Waals surface area contributed by atoms with Crippen LogP contribution < -0.4 is 5.32 Å². The fourth-order valence-corrected chi connectivity index (χ4v) is 3.78. The summed E-state index contributed by atoms with van der Waals surface area (Å²) < 4.78 is 13.2. The van der Waals surface area contributed by atoms with E-state index in [2.05, 4.69) is 42.6 Å². The third kappa shape index (κ3) is 1.98. The molecule has 1 aliphatic carbocycles. The van der Waals surface area contributed by atoms with Crippen LogP contribution in [0.3, 0.4) is 0 Å². The lowest BCUT2D eigenvalue weighted by molar-refractivity contribution is 0.425. The molecule has 0 bridgehead atoms. The van der Waals surface area contributed by atoms with E-state index < -0.39 is 0 Å². The van der Waals surface area contributed by atoms with Crippen LogP contribution in [0.4, 0.5) is 10.1 Å². The molecule has 1 N–H and O–H groups in total. The molecule has 2 aromatic rings. The molecule has 4 rings (SSSR count). The van der Waals surface area contributed by atoms with Gasteiger partial charge in [0.05, 0.1) is 6.04 Å². The number of anilines is 1. The number of aryl methyl sites for hydroxylation is 1. The number of rotatable bonds is 1. The Labute approximate surface area is 124 Å². The Morgan fingerprint density at radius 3 is 2.71 bits per heavy atom. The van der Waals surface area contributed by atoms with Crippen LogP contribution in [-0.4, -0.2) is 0 Å². The van der Waals surface area contributed by atoms with Gasteiger partial charge in [-0.15, -0.1) is 0 Å². The van der Waals surface area contributed by atoms with E-state index in [0.717, 1.165) is 6.42 Å². The van der Waals surface area contributed by atoms with Crippen LogP contribution >= 0.6 is 0 Å². The summed E-state index contributed by atoms with van der Waals surface area (Å²) in [6.07, 6.45) is 5.69. The smallest absolute Gasteiger partial charge is 0.123 e. The van der Waals surface area contributed by atoms with Crippen molar-refractivity contribution in [2.24, 2.45) is 5.92 Å². The SMILES string of the molecule is Cc1cccc2c1N[C@H](c1ccc(F)cc1)[C@H]1CC=C[C@H]21. The molecule has 2 heteroatoms. The minimum atomic E-state index is -0.174. The van der Waals surface area contributed by atoms with Crippen LogP contribution in [0.2, 0.25) is 0 Å². The minimum absolute atomic E-state index is 0.174. The number of benzene rings is 2. The average Bonchev–Trinajstić information content (AvgIpc) is 2.98. The molecule has 1 nitrogen and oxygen atoms in total. The lowest BCUT2D eigenvalue weighted by Crippen LogP contribution is -2.29. The summed E-state index contributed by atoms with van der Waals surface area (Å²) in [5.74, 6) is 0.813. The summed E-state index contributed by atoms with van der Waals surface area (Å²) in [6, 6.07) is 13.7. The summed E-state index contributed by atoms with van der Waals surface area (Å²) in [5.41, 5.74) is 5.09. The summed E-state index contributed by atoms with van der Waals surface area (Å²) in [4.78, 5) is 0. The van der Waals surface area contributed by atoms with Gasteiger partial charge >= 0.3 is 0 Å². The molecule has 2 aromatic carbocycles. The molecule has 0 amide bonds. The Hall–Kier alpha value is -2.09. The van der Waals surface area contributed by atoms with Crippen molar-refractivity contribution < 1.29 is 4.39 Å². The molecule has 21 heavy (non-hydrogen) atoms. The fraction of sp³-hybridized carbons (Fsp3) is 0.263. The molecule has 0 aromatic heterocycles. The molecule has 3 atom stereocenters. The number of nitrogens with one attached hydrogen (secondary N) is 1. The molecule has 0 fully saturated rings. The molecule has 0 unspecified atom stereocenters. The van der Waals surface area contributed by atoms with Gasteiger partial charge in [-0.05, 0) is 48.1 Å². The van der Waals surface area contributed by atoms with Crippen LogP contribution in [0.5, 0.6) is 0 Å². The average molecular weight is 279 g/mol. The molecule has 0 saturated carbocycles. The molecule has 1 aliphatic heterocycles. The Kier molecular flexibility index (Phi) is 2.85. The predicted octanol–water partition coefficient (Wildman–Crippen LogP) is 4.96. The summed E-state index contributed by atoms with van der Waals surface area (Å²) >= 11 is 0. The van der Waals surface area contributed by atoms with Gasteiger partial charge in [-0.1, -0.05) is 42.5 Å². The van der Waals surface area contributed by atoms with Gasteiger partial charge in [0.1, 0.15) is 5.82 Å². The highest BCUT2D eigenvalue weighted by atomic mass is 19.1. The lowest BCUT2D eigenvalue weighted by Gasteiger charge is -2.38. The summed E-state index contributed by atoms with van der Waals surface area (Å²) in [5, 5.41) is 3.71. The number of hydrogen-bond acceptors (Lipinski definition) is 1. The van der Waals surface area contributed by atoms with Crippen molar-refractivity contribution in [1.29, 1.82) is 0 Å². The molecule has 0 radical (unpaired) electrons. The molecular formula is C19H18FN. The second-order valence-electron chi connectivity index (χ2n) is 6.07. The van der Waals surface area contributed by atoms with E-state index in [1.165, 1.54) is 22.4 Å². The number of para-hydroxylation sites is 1. The number of allylic oxidation sites excluding steroid dienone is 2. The van der Waals surface area contributed by atoms with Crippen molar-refractivity contribution in [1.82, 2.24) is 0 Å². The fourth-order valence-electron chi connectivity index (χ4n) is 3.78. The molecule has 0 spiro atoms. The zero-order valence-electron chi connectivity index (χ0n) is 12.0. The standard InChI is InChI=1S/C19H18FN/c1-12-4-2-6-16-15-5-3-7-17(15)19(21-18(12)16)13-8-10-14(20)11-9-13/h2-6,8-11,15,17,19,21H,7H2,1H3/t15-,17+,19-/m1/s1. The first-order valence-corrected chi connectivity index (χ1v) is 7.52. The quantitative estimate of drug-likeness (QED) is 0.727. The topological polar surface area (TPSA) is 12.0 Å². The van der Waals surface area contributed by atoms with E-state index in [1.807, 2.05) is 12.1 Å². The van der Waals surface area contributed by atoms with Gasteiger partial charge in [0.2, 0.25) is 0 Å². The lowest BCUT2D eigenvalue weighted by atomic mass is 9.76. The number of hydrogen-bond donors (Lipinski definition) is 1. The van der Waals surface area contributed by atoms with Crippen molar-refractivity contribution in [3.05, 3.63) is 77.1 Å². The first-order chi connectivity index (χ1) is 10.2. The normalized spacial score (nSPS) is 26.1. The zero-order chi connectivity index (χ0) is 14.4. The first-order valence-electron chi connectivity index (χ1n) is 7.52. The van der Waals surface area contributed by atoms with E-state index in [4.69, 9.17) is 0 Å². The largest absolute Gasteiger partial charge is 0.377 e. The highest BCUT2D eigenvalue weighted by molar-refractivity contribution is 5.63. The van der Waals surface area contributed by atoms with Crippen molar-refractivity contribution in [2.75, 3.05) is 5.32 Å². The van der Waals surface area contributed by atoms with Crippen LogP contribution in [0, 0.1) is 18.7 Å². The Morgan fingerprint density at radius 2 is 1.90 bits per heavy atom. The molecule has 106 valence electrons. The van der Waals surface area contributed by atoms with Gasteiger partial charge in [-0.25, -0.2) is 4.39 Å². The second-order valence-corrected chi connectivity index (χ2v) is 6.07. The van der Waals surface area contributed by atoms with Crippen molar-refractivity contribution >= 4 is 5.69 Å². The highest BCUT2D eigenvalue weighted by Gasteiger charge is 2.38. The Bertz CT molecular complexity index is 702. The zero-order valence-corrected chi connectivity index (χ0v) is 12.0. The summed E-state index contributed by atoms with van der Waals surface area (Å²) in [6.45, 7) is 2.15. The van der Waals surface area contributed by atoms with E-state index in [0.29, 0.717) is 11.8 Å². The van der Waals surface area contributed by atoms with Gasteiger partial charge in [-0.2, -0.15) is 0 Å². The maximum absolute atomic E-state index is 13.2. The van der Waals surface area contributed by atoms with Gasteiger partial charge in [0.25, 0.3) is 0 Å². The molecular weight excluding hydrogens is 261 g/mol. The van der Waals surface area contributed by atoms with Gasteiger partial charge in [-0.3, -0.25) is 0 Å². The monoisotopic (exact) mass is 279 g/mol. The summed E-state index contributed by atoms with van der Waals surface area (Å²) in [7, 11) is 0. The number of halogens is 1. The highest BCUT2D eigenvalue weighted by Crippen LogP contribution is 2.50. The van der Waals surface area contributed by atoms with Crippen LogP contribution in [-0.2, 0) is 0 Å². The third-order valence-corrected chi connectivity index (χ3v) is 4.83. The molecule has 2 aliphatic rings. The Morgan fingerprint density at radius 1 is 1.10 bits per heavy atom. The van der Waals surface area contributed by atoms with E-state index in [9.17, 15) is 4.39 Å². The van der Waals surface area contributed by atoms with Crippen LogP contribution in [0.25, 0.3) is 0 Å². The van der Waals surface area contributed by atoms with Gasteiger partial charge in [0.15, 0.2) is 0 Å². The van der Waals surface area contributed by atoms with Crippen molar-refractivity contribution in [3.63, 3.8) is 0 Å². The maximum Gasteiger partial charge on any atom is 0.123 e. The van der Waals surface area contributed by atoms with Crippen molar-refractivity contribution in [3.8, 4) is 0 Å². The maximum atomic E-state index is 13.2. The molecule has 0 saturated heterocycles. The van der Waals surface area contributed by atoms with E-state index in [1.54, 1.807) is 12.1 Å². The Balaban J connectivity index is 1.81. The van der Waals surface area contributed by atoms with Gasteiger partial charge < -0.3 is 5.32 Å². The van der Waals surface area contributed by atoms with E-state index >= 15 is 0 Å². The minimum Gasteiger partial charge on any atom is -0.377 e. The van der Waals surface area contributed by atoms with Crippen LogP contribution in [0.1, 0.15) is 35.1 Å². The third-order valence-electron chi connectivity index (χ3n) is 4.83. The number of fused-ring (bicyclic) bond motifs is 3. The van der Waals surface area contributed by atoms with Crippen molar-refractivity contribution in [2.45, 2.75) is 25.3 Å². The van der Waals surface area contributed by atoms with E-state index in [-0.39, 0.29) is 11.9 Å². The first kappa shape index (κ1) is 12.6. The van der Waals surface area contributed by atoms with Crippen LogP contribution in [0.15, 0.2) is 54.6 Å². The predicted molar refractivity (Wildman–Crippen MR) is 83.9 cm³/mol. The second kappa shape index (κ2) is 4.73.